The van der Waals surface area contributed by atoms with E-state index in [4.69, 9.17) is 10.00 Å². The normalized spacial score (nSPS) is 19.9. The van der Waals surface area contributed by atoms with Crippen LogP contribution in [0.15, 0.2) is 0 Å². The summed E-state index contributed by atoms with van der Waals surface area (Å²) < 4.78 is 9.87. The Bertz CT molecular complexity index is 331. The number of nitriles is 1. The molecular formula is C12H18N2O4. The van der Waals surface area contributed by atoms with Gasteiger partial charge in [-0.05, 0) is 25.7 Å². The van der Waals surface area contributed by atoms with Gasteiger partial charge in [-0.1, -0.05) is 0 Å². The molecule has 1 heterocycles. The number of nitrogens with one attached hydrogen (secondary N) is 1. The van der Waals surface area contributed by atoms with Gasteiger partial charge in [0.1, 0.15) is 12.1 Å². The first-order chi connectivity index (χ1) is 8.69. The third kappa shape index (κ3) is 4.34. The number of ether oxygens (including phenoxy) is 2. The molecule has 0 spiro atoms. The Balaban J connectivity index is 2.46. The van der Waals surface area contributed by atoms with Gasteiger partial charge in [0.25, 0.3) is 0 Å². The maximum Gasteiger partial charge on any atom is 0.328 e. The summed E-state index contributed by atoms with van der Waals surface area (Å²) in [6, 6.07) is 1.30. The van der Waals surface area contributed by atoms with Crippen molar-refractivity contribution >= 4 is 11.9 Å². The Hall–Kier alpha value is -1.61. The van der Waals surface area contributed by atoms with Crippen molar-refractivity contribution in [3.05, 3.63) is 0 Å². The molecule has 100 valence electrons. The van der Waals surface area contributed by atoms with Crippen molar-refractivity contribution in [2.45, 2.75) is 44.2 Å². The molecule has 6 heteroatoms. The van der Waals surface area contributed by atoms with Gasteiger partial charge in [0.05, 0.1) is 13.2 Å². The zero-order valence-corrected chi connectivity index (χ0v) is 10.5. The smallest absolute Gasteiger partial charge is 0.328 e. The van der Waals surface area contributed by atoms with Crippen LogP contribution >= 0.6 is 0 Å². The molecule has 1 aliphatic rings. The van der Waals surface area contributed by atoms with Crippen LogP contribution in [0, 0.1) is 11.3 Å². The Kier molecular flexibility index (Phi) is 6.15. The van der Waals surface area contributed by atoms with E-state index in [2.05, 4.69) is 10.1 Å². The fraction of sp³-hybridized carbons (Fsp3) is 0.750. The zero-order valence-electron chi connectivity index (χ0n) is 10.5. The summed E-state index contributed by atoms with van der Waals surface area (Å²) in [7, 11) is 1.28. The van der Waals surface area contributed by atoms with Crippen LogP contribution in [0.2, 0.25) is 0 Å². The van der Waals surface area contributed by atoms with Gasteiger partial charge in [-0.15, -0.1) is 0 Å². The van der Waals surface area contributed by atoms with E-state index in [9.17, 15) is 9.59 Å². The summed E-state index contributed by atoms with van der Waals surface area (Å²) in [5, 5.41) is 11.1. The number of methoxy groups -OCH3 is 1. The largest absolute Gasteiger partial charge is 0.467 e. The molecule has 1 aliphatic heterocycles. The van der Waals surface area contributed by atoms with E-state index < -0.39 is 18.1 Å². The quantitative estimate of drug-likeness (QED) is 0.551. The average molecular weight is 254 g/mol. The van der Waals surface area contributed by atoms with Crippen LogP contribution in [0.25, 0.3) is 0 Å². The molecule has 1 saturated heterocycles. The number of hydrogen-bond donors (Lipinski definition) is 1. The van der Waals surface area contributed by atoms with Crippen molar-refractivity contribution in [2.75, 3.05) is 13.7 Å². The third-order valence-corrected chi connectivity index (χ3v) is 2.81. The van der Waals surface area contributed by atoms with Crippen LogP contribution in [-0.2, 0) is 19.1 Å². The van der Waals surface area contributed by atoms with Gasteiger partial charge < -0.3 is 14.8 Å². The van der Waals surface area contributed by atoms with Gasteiger partial charge in [-0.25, -0.2) is 4.79 Å². The minimum atomic E-state index is -0.694. The van der Waals surface area contributed by atoms with Crippen molar-refractivity contribution in [3.63, 3.8) is 0 Å². The number of carbonyl (C=O) groups is 2. The highest BCUT2D eigenvalue weighted by Gasteiger charge is 2.28. The predicted molar refractivity (Wildman–Crippen MR) is 62.4 cm³/mol. The van der Waals surface area contributed by atoms with Crippen LogP contribution in [0.5, 0.6) is 0 Å². The highest BCUT2D eigenvalue weighted by molar-refractivity contribution is 5.87. The Labute approximate surface area is 106 Å². The van der Waals surface area contributed by atoms with E-state index >= 15 is 0 Å². The molecule has 1 fully saturated rings. The van der Waals surface area contributed by atoms with E-state index in [1.807, 2.05) is 6.07 Å². The van der Waals surface area contributed by atoms with Gasteiger partial charge in [0.2, 0.25) is 5.91 Å². The molecule has 0 aromatic rings. The molecule has 6 nitrogen and oxygen atoms in total. The minimum Gasteiger partial charge on any atom is -0.467 e. The first kappa shape index (κ1) is 14.5. The first-order valence-electron chi connectivity index (χ1n) is 6.05. The van der Waals surface area contributed by atoms with Crippen LogP contribution in [0.3, 0.4) is 0 Å². The fourth-order valence-electron chi connectivity index (χ4n) is 1.83. The van der Waals surface area contributed by atoms with Crippen LogP contribution in [0.4, 0.5) is 0 Å². The van der Waals surface area contributed by atoms with E-state index in [1.54, 1.807) is 0 Å². The molecule has 0 bridgehead atoms. The van der Waals surface area contributed by atoms with E-state index in [-0.39, 0.29) is 5.91 Å². The number of rotatable bonds is 6. The number of esters is 1. The van der Waals surface area contributed by atoms with Crippen molar-refractivity contribution < 1.29 is 19.1 Å². The average Bonchev–Trinajstić information content (AvgIpc) is 2.90. The van der Waals surface area contributed by atoms with Crippen molar-refractivity contribution in [1.82, 2.24) is 5.32 Å². The standard InChI is InChI=1S/C12H18N2O4/c1-17-12(16)9(5-2-3-7-13)14-11(15)10-6-4-8-18-10/h9-10H,2-6,8H2,1H3,(H,14,15)/t9-,10+/m1/s1. The number of carbonyl (C=O) groups excluding carboxylic acids is 2. The monoisotopic (exact) mass is 254 g/mol. The summed E-state index contributed by atoms with van der Waals surface area (Å²) in [5.74, 6) is -0.765. The molecule has 1 N–H and O–H groups in total. The summed E-state index contributed by atoms with van der Waals surface area (Å²) in [6.45, 7) is 0.579. The van der Waals surface area contributed by atoms with Crippen molar-refractivity contribution in [3.8, 4) is 6.07 Å². The number of nitrogens with zero attached hydrogens (tertiary/aromatic N) is 1. The Morgan fingerprint density at radius 2 is 2.39 bits per heavy atom. The summed E-state index contributed by atoms with van der Waals surface area (Å²) in [6.07, 6.45) is 2.37. The summed E-state index contributed by atoms with van der Waals surface area (Å²) in [4.78, 5) is 23.3. The first-order valence-corrected chi connectivity index (χ1v) is 6.05. The lowest BCUT2D eigenvalue weighted by atomic mass is 10.1. The summed E-state index contributed by atoms with van der Waals surface area (Å²) >= 11 is 0. The fourth-order valence-corrected chi connectivity index (χ4v) is 1.83. The molecule has 0 aromatic heterocycles. The molecule has 0 aliphatic carbocycles. The zero-order chi connectivity index (χ0) is 13.4. The molecule has 0 saturated carbocycles. The maximum atomic E-state index is 11.8. The highest BCUT2D eigenvalue weighted by Crippen LogP contribution is 2.13. The Morgan fingerprint density at radius 3 is 2.94 bits per heavy atom. The molecular weight excluding hydrogens is 236 g/mol. The molecule has 1 rings (SSSR count). The second-order valence-electron chi connectivity index (χ2n) is 4.14. The van der Waals surface area contributed by atoms with E-state index in [0.29, 0.717) is 32.3 Å². The minimum absolute atomic E-state index is 0.278. The van der Waals surface area contributed by atoms with Gasteiger partial charge in [0.15, 0.2) is 0 Å². The van der Waals surface area contributed by atoms with Gasteiger partial charge in [-0.3, -0.25) is 4.79 Å². The van der Waals surface area contributed by atoms with E-state index in [0.717, 1.165) is 6.42 Å². The number of unbranched alkanes of at least 4 members (excludes halogenated alkanes) is 1. The van der Waals surface area contributed by atoms with Crippen LogP contribution in [-0.4, -0.2) is 37.7 Å². The second kappa shape index (κ2) is 7.67. The van der Waals surface area contributed by atoms with Gasteiger partial charge >= 0.3 is 5.97 Å². The number of hydrogen-bond acceptors (Lipinski definition) is 5. The topological polar surface area (TPSA) is 88.4 Å². The van der Waals surface area contributed by atoms with Crippen LogP contribution < -0.4 is 5.32 Å². The molecule has 0 aromatic carbocycles. The molecule has 0 unspecified atom stereocenters. The molecule has 0 radical (unpaired) electrons. The Morgan fingerprint density at radius 1 is 1.61 bits per heavy atom. The third-order valence-electron chi connectivity index (χ3n) is 2.81. The van der Waals surface area contributed by atoms with E-state index in [1.165, 1.54) is 7.11 Å². The molecule has 18 heavy (non-hydrogen) atoms. The van der Waals surface area contributed by atoms with Gasteiger partial charge in [-0.2, -0.15) is 5.26 Å². The SMILES string of the molecule is COC(=O)[C@@H](CCCC#N)NC(=O)[C@@H]1CCCO1. The van der Waals surface area contributed by atoms with Crippen LogP contribution in [0.1, 0.15) is 32.1 Å². The highest BCUT2D eigenvalue weighted by atomic mass is 16.5. The second-order valence-corrected chi connectivity index (χ2v) is 4.14. The lowest BCUT2D eigenvalue weighted by Crippen LogP contribution is -2.45. The molecule has 2 atom stereocenters. The molecule has 1 amide bonds. The van der Waals surface area contributed by atoms with Crippen molar-refractivity contribution in [1.29, 1.82) is 5.26 Å². The lowest BCUT2D eigenvalue weighted by Gasteiger charge is -2.18. The van der Waals surface area contributed by atoms with Crippen molar-refractivity contribution in [2.24, 2.45) is 0 Å². The maximum absolute atomic E-state index is 11.8. The predicted octanol–water partition coefficient (Wildman–Crippen LogP) is 0.517. The number of amides is 1. The van der Waals surface area contributed by atoms with Gasteiger partial charge in [0, 0.05) is 13.0 Å². The summed E-state index contributed by atoms with van der Waals surface area (Å²) in [5.41, 5.74) is 0. The lowest BCUT2D eigenvalue weighted by molar-refractivity contribution is -0.146.